The summed E-state index contributed by atoms with van der Waals surface area (Å²) < 4.78 is 10.4. The Morgan fingerprint density at radius 3 is 2.96 bits per heavy atom. The molecule has 0 spiro atoms. The number of hydrogen-bond donors (Lipinski definition) is 0. The Morgan fingerprint density at radius 1 is 1.31 bits per heavy atom. The third-order valence-corrected chi connectivity index (χ3v) is 4.49. The van der Waals surface area contributed by atoms with E-state index in [1.165, 1.54) is 11.8 Å². The summed E-state index contributed by atoms with van der Waals surface area (Å²) in [4.78, 5) is 16.7. The molecule has 0 aliphatic rings. The topological polar surface area (TPSA) is 89.0 Å². The van der Waals surface area contributed by atoms with Gasteiger partial charge in [0.15, 0.2) is 0 Å². The number of hydrogen-bond acceptors (Lipinski definition) is 7. The Morgan fingerprint density at radius 2 is 2.19 bits per heavy atom. The van der Waals surface area contributed by atoms with Crippen LogP contribution in [0.4, 0.5) is 0 Å². The lowest BCUT2D eigenvalue weighted by atomic mass is 10.1. The van der Waals surface area contributed by atoms with Crippen LogP contribution in [0.3, 0.4) is 0 Å². The highest BCUT2D eigenvalue weighted by atomic mass is 32.2. The lowest BCUT2D eigenvalue weighted by Crippen LogP contribution is -2.07. The van der Waals surface area contributed by atoms with Crippen molar-refractivity contribution in [2.75, 3.05) is 0 Å². The van der Waals surface area contributed by atoms with Crippen molar-refractivity contribution in [3.05, 3.63) is 76.8 Å². The molecule has 3 rings (SSSR count). The van der Waals surface area contributed by atoms with Gasteiger partial charge in [0.2, 0.25) is 0 Å². The molecular formula is C19H15N3O3S. The SMILES string of the molecule is Cc1cc(CSc2ncccc2C(=O)OCc2cccc(C#N)c2)no1. The van der Waals surface area contributed by atoms with Crippen LogP contribution in [0.5, 0.6) is 0 Å². The van der Waals surface area contributed by atoms with Crippen molar-refractivity contribution < 1.29 is 14.1 Å². The number of nitriles is 1. The van der Waals surface area contributed by atoms with Crippen molar-refractivity contribution in [2.45, 2.75) is 24.3 Å². The number of thioether (sulfide) groups is 1. The predicted molar refractivity (Wildman–Crippen MR) is 95.3 cm³/mol. The van der Waals surface area contributed by atoms with Crippen LogP contribution >= 0.6 is 11.8 Å². The number of benzene rings is 1. The Labute approximate surface area is 154 Å². The second-order valence-corrected chi connectivity index (χ2v) is 6.43. The molecule has 0 radical (unpaired) electrons. The monoisotopic (exact) mass is 365 g/mol. The third kappa shape index (κ3) is 4.49. The largest absolute Gasteiger partial charge is 0.457 e. The van der Waals surface area contributed by atoms with Gasteiger partial charge in [-0.2, -0.15) is 5.26 Å². The van der Waals surface area contributed by atoms with Crippen LogP contribution in [0, 0.1) is 18.3 Å². The molecule has 6 nitrogen and oxygen atoms in total. The van der Waals surface area contributed by atoms with Crippen LogP contribution in [0.2, 0.25) is 0 Å². The summed E-state index contributed by atoms with van der Waals surface area (Å²) in [5, 5.41) is 13.4. The highest BCUT2D eigenvalue weighted by molar-refractivity contribution is 7.98. The molecule has 0 saturated heterocycles. The second kappa shape index (κ2) is 8.32. The van der Waals surface area contributed by atoms with Crippen molar-refractivity contribution in [2.24, 2.45) is 0 Å². The molecule has 0 saturated carbocycles. The van der Waals surface area contributed by atoms with E-state index < -0.39 is 5.97 Å². The summed E-state index contributed by atoms with van der Waals surface area (Å²) in [5.41, 5.74) is 2.47. The zero-order valence-corrected chi connectivity index (χ0v) is 14.8. The molecule has 130 valence electrons. The van der Waals surface area contributed by atoms with E-state index >= 15 is 0 Å². The summed E-state index contributed by atoms with van der Waals surface area (Å²) >= 11 is 1.39. The quantitative estimate of drug-likeness (QED) is 0.483. The van der Waals surface area contributed by atoms with E-state index in [1.807, 2.05) is 13.0 Å². The average molecular weight is 365 g/mol. The molecule has 0 aliphatic carbocycles. The molecule has 0 aliphatic heterocycles. The smallest absolute Gasteiger partial charge is 0.341 e. The Bertz CT molecular complexity index is 962. The van der Waals surface area contributed by atoms with Crippen LogP contribution < -0.4 is 0 Å². The van der Waals surface area contributed by atoms with Crippen LogP contribution in [0.1, 0.15) is 32.9 Å². The Kier molecular flexibility index (Phi) is 5.66. The number of ether oxygens (including phenoxy) is 1. The number of pyridine rings is 1. The van der Waals surface area contributed by atoms with E-state index in [0.717, 1.165) is 17.0 Å². The van der Waals surface area contributed by atoms with Crippen molar-refractivity contribution in [1.29, 1.82) is 5.26 Å². The van der Waals surface area contributed by atoms with Crippen molar-refractivity contribution in [3.63, 3.8) is 0 Å². The summed E-state index contributed by atoms with van der Waals surface area (Å²) in [7, 11) is 0. The minimum Gasteiger partial charge on any atom is -0.457 e. The zero-order chi connectivity index (χ0) is 18.4. The molecular weight excluding hydrogens is 350 g/mol. The average Bonchev–Trinajstić information content (AvgIpc) is 3.10. The molecule has 0 amide bonds. The minimum atomic E-state index is -0.459. The van der Waals surface area contributed by atoms with Gasteiger partial charge in [-0.05, 0) is 36.8 Å². The van der Waals surface area contributed by atoms with Gasteiger partial charge in [0.25, 0.3) is 0 Å². The Balaban J connectivity index is 1.66. The van der Waals surface area contributed by atoms with E-state index in [4.69, 9.17) is 14.5 Å². The van der Waals surface area contributed by atoms with Crippen molar-refractivity contribution >= 4 is 17.7 Å². The fourth-order valence-corrected chi connectivity index (χ4v) is 3.11. The molecule has 2 aromatic heterocycles. The van der Waals surface area contributed by atoms with Crippen LogP contribution in [-0.2, 0) is 17.1 Å². The lowest BCUT2D eigenvalue weighted by Gasteiger charge is -2.08. The van der Waals surface area contributed by atoms with Crippen LogP contribution in [0.25, 0.3) is 0 Å². The van der Waals surface area contributed by atoms with Gasteiger partial charge in [-0.25, -0.2) is 9.78 Å². The number of esters is 1. The molecule has 2 heterocycles. The molecule has 0 fully saturated rings. The first-order valence-corrected chi connectivity index (χ1v) is 8.80. The summed E-state index contributed by atoms with van der Waals surface area (Å²) in [5.74, 6) is 0.818. The lowest BCUT2D eigenvalue weighted by molar-refractivity contribution is 0.0467. The van der Waals surface area contributed by atoms with E-state index in [0.29, 0.717) is 21.9 Å². The highest BCUT2D eigenvalue weighted by Crippen LogP contribution is 2.25. The first-order valence-electron chi connectivity index (χ1n) is 7.82. The third-order valence-electron chi connectivity index (χ3n) is 3.45. The standard InChI is InChI=1S/C19H15N3O3S/c1-13-8-16(22-25-13)12-26-18-17(6-3-7-21-18)19(23)24-11-15-5-2-4-14(9-15)10-20/h2-9H,11-12H2,1H3. The van der Waals surface area contributed by atoms with Gasteiger partial charge in [0.1, 0.15) is 17.4 Å². The summed E-state index contributed by atoms with van der Waals surface area (Å²) in [6, 6.07) is 14.2. The molecule has 3 aromatic rings. The van der Waals surface area contributed by atoms with Crippen molar-refractivity contribution in [1.82, 2.24) is 10.1 Å². The van der Waals surface area contributed by atoms with E-state index in [-0.39, 0.29) is 6.61 Å². The van der Waals surface area contributed by atoms with Gasteiger partial charge in [-0.3, -0.25) is 0 Å². The second-order valence-electron chi connectivity index (χ2n) is 5.46. The maximum Gasteiger partial charge on any atom is 0.341 e. The number of aryl methyl sites for hydroxylation is 1. The van der Waals surface area contributed by atoms with Crippen LogP contribution in [0.15, 0.2) is 58.2 Å². The number of carbonyl (C=O) groups excluding carboxylic acids is 1. The summed E-state index contributed by atoms with van der Waals surface area (Å²) in [6.45, 7) is 1.92. The number of rotatable bonds is 6. The first kappa shape index (κ1) is 17.7. The fourth-order valence-electron chi connectivity index (χ4n) is 2.25. The number of aromatic nitrogens is 2. The van der Waals surface area contributed by atoms with Gasteiger partial charge in [0, 0.05) is 18.0 Å². The van der Waals surface area contributed by atoms with E-state index in [9.17, 15) is 4.79 Å². The molecule has 0 N–H and O–H groups in total. The van der Waals surface area contributed by atoms with Gasteiger partial charge >= 0.3 is 5.97 Å². The Hall–Kier alpha value is -3.11. The first-order chi connectivity index (χ1) is 12.7. The van der Waals surface area contributed by atoms with Gasteiger partial charge in [0.05, 0.1) is 22.9 Å². The molecule has 7 heteroatoms. The highest BCUT2D eigenvalue weighted by Gasteiger charge is 2.15. The molecule has 0 unspecified atom stereocenters. The molecule has 1 aromatic carbocycles. The normalized spacial score (nSPS) is 10.3. The molecule has 0 bridgehead atoms. The molecule has 26 heavy (non-hydrogen) atoms. The maximum atomic E-state index is 12.4. The van der Waals surface area contributed by atoms with E-state index in [2.05, 4.69) is 16.2 Å². The minimum absolute atomic E-state index is 0.0931. The van der Waals surface area contributed by atoms with E-state index in [1.54, 1.807) is 42.6 Å². The van der Waals surface area contributed by atoms with Gasteiger partial charge in [-0.15, -0.1) is 0 Å². The zero-order valence-electron chi connectivity index (χ0n) is 14.0. The number of nitrogens with zero attached hydrogens (tertiary/aromatic N) is 3. The van der Waals surface area contributed by atoms with Crippen LogP contribution in [-0.4, -0.2) is 16.1 Å². The van der Waals surface area contributed by atoms with Gasteiger partial charge in [-0.1, -0.05) is 29.1 Å². The summed E-state index contributed by atoms with van der Waals surface area (Å²) in [6.07, 6.45) is 1.63. The number of carbonyl (C=O) groups is 1. The van der Waals surface area contributed by atoms with Crippen molar-refractivity contribution in [3.8, 4) is 6.07 Å². The maximum absolute atomic E-state index is 12.4. The van der Waals surface area contributed by atoms with Gasteiger partial charge < -0.3 is 9.26 Å². The molecule has 0 atom stereocenters. The fraction of sp³-hybridized carbons (Fsp3) is 0.158. The predicted octanol–water partition coefficient (Wildman–Crippen LogP) is 3.90.